The Hall–Kier alpha value is -10.5. The Kier molecular flexibility index (Phi) is 9.63. The molecule has 6 nitrogen and oxygen atoms in total. The number of para-hydroxylation sites is 8. The fourth-order valence-corrected chi connectivity index (χ4v) is 13.1. The molecule has 16 rings (SSSR count). The fraction of sp³-hybridized carbons (Fsp3) is 0.0290. The van der Waals surface area contributed by atoms with Crippen LogP contribution < -0.4 is 0 Å². The summed E-state index contributed by atoms with van der Waals surface area (Å²) in [5.74, 6) is 0. The molecule has 0 saturated heterocycles. The van der Waals surface area contributed by atoms with Gasteiger partial charge in [0.15, 0.2) is 0 Å². The molecule has 0 bridgehead atoms. The molecule has 0 saturated carbocycles. The smallest absolute Gasteiger partial charge is 0.306 e. The fourth-order valence-electron chi connectivity index (χ4n) is 13.1. The van der Waals surface area contributed by atoms with Crippen molar-refractivity contribution in [2.75, 3.05) is 0 Å². The van der Waals surface area contributed by atoms with Gasteiger partial charge in [-0.05, 0) is 72.8 Å². The second-order valence-electron chi connectivity index (χ2n) is 20.5. The number of hydrogen-bond acceptors (Lipinski definition) is 1. The number of nitrogens with zero attached hydrogens (tertiary/aromatic N) is 6. The van der Waals surface area contributed by atoms with Crippen LogP contribution in [0.5, 0.6) is 0 Å². The maximum atomic E-state index is 15.6. The summed E-state index contributed by atoms with van der Waals surface area (Å²) in [5, 5.41) is 20.2. The minimum atomic E-state index is -4.87. The molecular weight excluding hydrogens is 1030 g/mol. The zero-order valence-corrected chi connectivity index (χ0v) is 42.4. The number of nitriles is 1. The van der Waals surface area contributed by atoms with E-state index >= 15 is 26.3 Å². The summed E-state index contributed by atoms with van der Waals surface area (Å²) < 4.78 is 104. The van der Waals surface area contributed by atoms with Crippen LogP contribution in [0.3, 0.4) is 0 Å². The van der Waals surface area contributed by atoms with Crippen molar-refractivity contribution in [2.45, 2.75) is 12.4 Å². The lowest BCUT2D eigenvalue weighted by Crippen LogP contribution is -2.19. The van der Waals surface area contributed by atoms with Crippen LogP contribution in [0.4, 0.5) is 26.3 Å². The number of hydrogen-bond donors (Lipinski definition) is 0. The first-order valence-electron chi connectivity index (χ1n) is 26.3. The van der Waals surface area contributed by atoms with Gasteiger partial charge in [0.25, 0.3) is 0 Å². The standard InChI is InChI=1S/C69H38F6N6/c70-68(71,72)40-33-35-50-51-36-34-41(69(73,74)75)38-62(51)81(61(50)37-40)67-65(79-57-29-13-5-21-46(57)47-22-6-14-30-58(47)79)63(77-53-25-9-1-17-42(53)43-18-2-10-26-54(43)77)52(39-76)64(78-55-27-11-3-19-44(55)45-20-4-12-28-56(45)78)66(67)80-59-31-15-7-23-48(59)49-24-8-16-32-60(49)80/h1-38H. The van der Waals surface area contributed by atoms with Gasteiger partial charge in [0.1, 0.15) is 11.6 Å². The van der Waals surface area contributed by atoms with Gasteiger partial charge in [-0.15, -0.1) is 0 Å². The molecule has 0 aliphatic heterocycles. The zero-order valence-electron chi connectivity index (χ0n) is 42.4. The monoisotopic (exact) mass is 1060 g/mol. The number of halogens is 6. The molecule has 12 heteroatoms. The molecule has 0 radical (unpaired) electrons. The van der Waals surface area contributed by atoms with Crippen LogP contribution >= 0.6 is 0 Å². The van der Waals surface area contributed by atoms with Gasteiger partial charge in [0, 0.05) is 53.9 Å². The summed E-state index contributed by atoms with van der Waals surface area (Å²) in [4.78, 5) is 0. The summed E-state index contributed by atoms with van der Waals surface area (Å²) in [7, 11) is 0. The minimum Gasteiger partial charge on any atom is -0.306 e. The van der Waals surface area contributed by atoms with E-state index in [-0.39, 0.29) is 33.1 Å². The molecule has 0 unspecified atom stereocenters. The summed E-state index contributed by atoms with van der Waals surface area (Å²) in [6.45, 7) is 0. The van der Waals surface area contributed by atoms with Gasteiger partial charge in [-0.25, -0.2) is 0 Å². The van der Waals surface area contributed by atoms with Crippen LogP contribution in [-0.2, 0) is 12.4 Å². The van der Waals surface area contributed by atoms with E-state index in [1.165, 1.54) is 12.1 Å². The van der Waals surface area contributed by atoms with E-state index in [2.05, 4.69) is 24.3 Å². The average molecular weight is 1070 g/mol. The highest BCUT2D eigenvalue weighted by Crippen LogP contribution is 2.52. The Morgan fingerprint density at radius 2 is 0.444 bits per heavy atom. The molecule has 16 aromatic rings. The van der Waals surface area contributed by atoms with Crippen LogP contribution in [0.15, 0.2) is 231 Å². The van der Waals surface area contributed by atoms with E-state index in [1.807, 2.05) is 194 Å². The van der Waals surface area contributed by atoms with Crippen LogP contribution in [0, 0.1) is 11.3 Å². The van der Waals surface area contributed by atoms with Crippen molar-refractivity contribution < 1.29 is 26.3 Å². The molecule has 5 aromatic heterocycles. The molecule has 11 aromatic carbocycles. The largest absolute Gasteiger partial charge is 0.416 e. The topological polar surface area (TPSA) is 48.4 Å². The van der Waals surface area contributed by atoms with E-state index in [4.69, 9.17) is 0 Å². The Morgan fingerprint density at radius 1 is 0.247 bits per heavy atom. The van der Waals surface area contributed by atoms with Crippen LogP contribution in [0.2, 0.25) is 0 Å². The molecular formula is C69H38F6N6. The first-order chi connectivity index (χ1) is 39.5. The Balaban J connectivity index is 1.32. The summed E-state index contributed by atoms with van der Waals surface area (Å²) >= 11 is 0. The Labute approximate surface area is 455 Å². The van der Waals surface area contributed by atoms with E-state index < -0.39 is 23.5 Å². The van der Waals surface area contributed by atoms with Crippen molar-refractivity contribution in [1.29, 1.82) is 5.26 Å². The number of aromatic nitrogens is 5. The third-order valence-corrected chi connectivity index (χ3v) is 16.3. The lowest BCUT2D eigenvalue weighted by atomic mass is 10.0. The van der Waals surface area contributed by atoms with Crippen LogP contribution in [-0.4, -0.2) is 22.8 Å². The lowest BCUT2D eigenvalue weighted by molar-refractivity contribution is -0.138. The number of fused-ring (bicyclic) bond motifs is 15. The highest BCUT2D eigenvalue weighted by molar-refractivity contribution is 6.18. The molecule has 0 aliphatic carbocycles. The molecule has 0 aliphatic rings. The van der Waals surface area contributed by atoms with Gasteiger partial charge < -0.3 is 22.8 Å². The van der Waals surface area contributed by atoms with E-state index in [9.17, 15) is 5.26 Å². The number of alkyl halides is 6. The van der Waals surface area contributed by atoms with E-state index in [0.717, 1.165) is 67.4 Å². The molecule has 386 valence electrons. The number of benzene rings is 11. The van der Waals surface area contributed by atoms with Crippen molar-refractivity contribution >= 4 is 109 Å². The highest BCUT2D eigenvalue weighted by atomic mass is 19.4. The molecule has 5 heterocycles. The third-order valence-electron chi connectivity index (χ3n) is 16.3. The van der Waals surface area contributed by atoms with Crippen molar-refractivity contribution in [3.05, 3.63) is 247 Å². The SMILES string of the molecule is N#Cc1c(-n2c3ccccc3c3ccccc32)c(-n2c3ccccc3c3ccccc32)c(-n2c3cc(C(F)(F)F)ccc3c3ccc(C(F)(F)F)cc32)c(-n2c3ccccc3c3ccccc32)c1-n1c2ccccc2c2ccccc21. The first-order valence-corrected chi connectivity index (χ1v) is 26.3. The second-order valence-corrected chi connectivity index (χ2v) is 20.5. The van der Waals surface area contributed by atoms with Gasteiger partial charge in [0.05, 0.1) is 94.7 Å². The molecule has 0 spiro atoms. The highest BCUT2D eigenvalue weighted by Gasteiger charge is 2.39. The molecule has 0 N–H and O–H groups in total. The maximum Gasteiger partial charge on any atom is 0.416 e. The van der Waals surface area contributed by atoms with Gasteiger partial charge in [-0.1, -0.05) is 158 Å². The maximum absolute atomic E-state index is 15.6. The average Bonchev–Trinajstić information content (AvgIpc) is 4.38. The molecule has 0 amide bonds. The summed E-state index contributed by atoms with van der Waals surface area (Å²) in [5.41, 5.74) is 5.26. The zero-order chi connectivity index (χ0) is 54.6. The van der Waals surface area contributed by atoms with Crippen molar-refractivity contribution in [1.82, 2.24) is 22.8 Å². The van der Waals surface area contributed by atoms with Gasteiger partial charge in [-0.2, -0.15) is 31.6 Å². The van der Waals surface area contributed by atoms with Gasteiger partial charge in [-0.3, -0.25) is 0 Å². The molecule has 81 heavy (non-hydrogen) atoms. The lowest BCUT2D eigenvalue weighted by Gasteiger charge is -2.30. The van der Waals surface area contributed by atoms with E-state index in [0.29, 0.717) is 66.9 Å². The number of rotatable bonds is 5. The Morgan fingerprint density at radius 3 is 0.679 bits per heavy atom. The summed E-state index contributed by atoms with van der Waals surface area (Å²) in [6, 6.07) is 72.4. The molecule has 0 fully saturated rings. The predicted octanol–water partition coefficient (Wildman–Crippen LogP) is 19.1. The summed E-state index contributed by atoms with van der Waals surface area (Å²) in [6.07, 6.45) is -9.74. The first kappa shape index (κ1) is 46.6. The van der Waals surface area contributed by atoms with Crippen LogP contribution in [0.25, 0.3) is 137 Å². The van der Waals surface area contributed by atoms with E-state index in [1.54, 1.807) is 4.57 Å². The predicted molar refractivity (Wildman–Crippen MR) is 313 cm³/mol. The van der Waals surface area contributed by atoms with Crippen molar-refractivity contribution in [3.63, 3.8) is 0 Å². The van der Waals surface area contributed by atoms with Gasteiger partial charge >= 0.3 is 12.4 Å². The van der Waals surface area contributed by atoms with Crippen molar-refractivity contribution in [2.24, 2.45) is 0 Å². The quantitative estimate of drug-likeness (QED) is 0.158. The van der Waals surface area contributed by atoms with Gasteiger partial charge in [0.2, 0.25) is 0 Å². The minimum absolute atomic E-state index is 0.00534. The third kappa shape index (κ3) is 6.45. The van der Waals surface area contributed by atoms with Crippen molar-refractivity contribution in [3.8, 4) is 34.5 Å². The molecule has 0 atom stereocenters. The second kappa shape index (κ2) is 16.8. The van der Waals surface area contributed by atoms with Crippen LogP contribution in [0.1, 0.15) is 16.7 Å². The normalized spacial score (nSPS) is 12.6. The Bertz CT molecular complexity index is 4890.